The molecule has 0 bridgehead atoms. The molecule has 1 aliphatic heterocycles. The average molecular weight is 275 g/mol. The van der Waals surface area contributed by atoms with Crippen molar-refractivity contribution in [3.63, 3.8) is 0 Å². The summed E-state index contributed by atoms with van der Waals surface area (Å²) in [5.41, 5.74) is 3.27. The molecule has 2 N–H and O–H groups in total. The van der Waals surface area contributed by atoms with Crippen LogP contribution in [-0.2, 0) is 4.79 Å². The van der Waals surface area contributed by atoms with Crippen LogP contribution in [0.25, 0.3) is 0 Å². The number of piperidine rings is 1. The van der Waals surface area contributed by atoms with E-state index in [1.807, 2.05) is 19.9 Å². The van der Waals surface area contributed by atoms with Crippen LogP contribution >= 0.6 is 0 Å². The first kappa shape index (κ1) is 15.0. The summed E-state index contributed by atoms with van der Waals surface area (Å²) in [7, 11) is 0. The van der Waals surface area contributed by atoms with Crippen LogP contribution in [0.2, 0.25) is 0 Å². The third-order valence-corrected chi connectivity index (χ3v) is 4.24. The molecule has 2 atom stereocenters. The van der Waals surface area contributed by atoms with Crippen LogP contribution in [-0.4, -0.2) is 25.5 Å². The smallest absolute Gasteiger partial charge is 0.230 e. The Labute approximate surface area is 122 Å². The number of hydrogen-bond acceptors (Lipinski definition) is 1. The van der Waals surface area contributed by atoms with Crippen molar-refractivity contribution < 1.29 is 9.69 Å². The minimum atomic E-state index is 0.143. The maximum Gasteiger partial charge on any atom is 0.230 e. The van der Waals surface area contributed by atoms with Gasteiger partial charge in [-0.25, -0.2) is 0 Å². The third kappa shape index (κ3) is 4.34. The van der Waals surface area contributed by atoms with Crippen molar-refractivity contribution in [3.8, 4) is 0 Å². The number of amides is 1. The van der Waals surface area contributed by atoms with E-state index in [0.29, 0.717) is 6.42 Å². The van der Waals surface area contributed by atoms with Crippen molar-refractivity contribution in [2.75, 3.05) is 25.0 Å². The molecular weight excluding hydrogens is 248 g/mol. The molecular formula is C17H27N2O+. The lowest BCUT2D eigenvalue weighted by Crippen LogP contribution is -3.13. The fourth-order valence-corrected chi connectivity index (χ4v) is 3.00. The summed E-state index contributed by atoms with van der Waals surface area (Å²) in [5.74, 6) is 0.949. The van der Waals surface area contributed by atoms with Crippen LogP contribution < -0.4 is 10.2 Å². The van der Waals surface area contributed by atoms with Crippen molar-refractivity contribution in [1.29, 1.82) is 0 Å². The number of benzene rings is 1. The second-order valence-electron chi connectivity index (χ2n) is 6.32. The molecule has 0 radical (unpaired) electrons. The van der Waals surface area contributed by atoms with E-state index < -0.39 is 0 Å². The number of anilines is 1. The van der Waals surface area contributed by atoms with Gasteiger partial charge in [0.1, 0.15) is 0 Å². The lowest BCUT2D eigenvalue weighted by Gasteiger charge is -2.27. The molecule has 2 rings (SSSR count). The van der Waals surface area contributed by atoms with Gasteiger partial charge in [0.05, 0.1) is 26.1 Å². The molecule has 0 spiro atoms. The highest BCUT2D eigenvalue weighted by molar-refractivity contribution is 5.91. The van der Waals surface area contributed by atoms with Crippen LogP contribution in [0.1, 0.15) is 37.3 Å². The minimum absolute atomic E-state index is 0.143. The topological polar surface area (TPSA) is 33.5 Å². The summed E-state index contributed by atoms with van der Waals surface area (Å²) in [6, 6.07) is 6.18. The Balaban J connectivity index is 1.82. The molecule has 0 saturated carbocycles. The summed E-state index contributed by atoms with van der Waals surface area (Å²) in [4.78, 5) is 13.7. The van der Waals surface area contributed by atoms with Crippen LogP contribution in [0.5, 0.6) is 0 Å². The zero-order valence-corrected chi connectivity index (χ0v) is 13.0. The summed E-state index contributed by atoms with van der Waals surface area (Å²) in [6.45, 7) is 9.80. The molecule has 1 heterocycles. The molecule has 110 valence electrons. The number of likely N-dealkylation sites (tertiary alicyclic amines) is 1. The van der Waals surface area contributed by atoms with E-state index in [2.05, 4.69) is 24.4 Å². The largest absolute Gasteiger partial charge is 0.334 e. The van der Waals surface area contributed by atoms with Crippen LogP contribution in [0, 0.1) is 19.8 Å². The van der Waals surface area contributed by atoms with Crippen LogP contribution in [0.3, 0.4) is 0 Å². The molecule has 1 aromatic rings. The zero-order valence-electron chi connectivity index (χ0n) is 13.0. The Bertz CT molecular complexity index is 470. The van der Waals surface area contributed by atoms with Gasteiger partial charge in [-0.15, -0.1) is 0 Å². The van der Waals surface area contributed by atoms with Gasteiger partial charge in [-0.05, 0) is 43.9 Å². The fourth-order valence-electron chi connectivity index (χ4n) is 3.00. The first-order chi connectivity index (χ1) is 9.54. The zero-order chi connectivity index (χ0) is 14.5. The Hall–Kier alpha value is -1.35. The van der Waals surface area contributed by atoms with Crippen molar-refractivity contribution in [2.45, 2.75) is 40.0 Å². The summed E-state index contributed by atoms with van der Waals surface area (Å²) < 4.78 is 0. The molecule has 20 heavy (non-hydrogen) atoms. The van der Waals surface area contributed by atoms with Gasteiger partial charge in [-0.1, -0.05) is 19.1 Å². The number of nitrogens with one attached hydrogen (secondary N) is 2. The lowest BCUT2D eigenvalue weighted by atomic mass is 10.0. The molecule has 1 amide bonds. The van der Waals surface area contributed by atoms with Crippen LogP contribution in [0.4, 0.5) is 5.69 Å². The second-order valence-corrected chi connectivity index (χ2v) is 6.32. The predicted molar refractivity (Wildman–Crippen MR) is 83.1 cm³/mol. The van der Waals surface area contributed by atoms with Crippen molar-refractivity contribution in [3.05, 3.63) is 29.3 Å². The standard InChI is InChI=1S/C17H26N2O/c1-13-6-7-15(3)16(11-13)18-17(20)8-10-19-9-4-5-14(2)12-19/h6-7,11,14H,4-5,8-10,12H2,1-3H3,(H,18,20)/p+1/t14-/m1/s1. The van der Waals surface area contributed by atoms with Crippen molar-refractivity contribution in [1.82, 2.24) is 0 Å². The number of quaternary nitrogens is 1. The maximum atomic E-state index is 12.1. The predicted octanol–water partition coefficient (Wildman–Crippen LogP) is 1.95. The lowest BCUT2D eigenvalue weighted by molar-refractivity contribution is -0.907. The Morgan fingerprint density at radius 2 is 2.20 bits per heavy atom. The van der Waals surface area contributed by atoms with Gasteiger partial charge >= 0.3 is 0 Å². The maximum absolute atomic E-state index is 12.1. The molecule has 3 heteroatoms. The minimum Gasteiger partial charge on any atom is -0.334 e. The molecule has 1 aliphatic rings. The first-order valence-electron chi connectivity index (χ1n) is 7.75. The van der Waals surface area contributed by atoms with Gasteiger partial charge in [0.25, 0.3) is 0 Å². The molecule has 0 aliphatic carbocycles. The van der Waals surface area contributed by atoms with Gasteiger partial charge < -0.3 is 10.2 Å². The number of hydrogen-bond donors (Lipinski definition) is 2. The Kier molecular flexibility index (Phi) is 5.18. The SMILES string of the molecule is Cc1ccc(C)c(NC(=O)CC[NH+]2CCC[C@@H](C)C2)c1. The first-order valence-corrected chi connectivity index (χ1v) is 7.75. The van der Waals surface area contributed by atoms with Crippen molar-refractivity contribution >= 4 is 11.6 Å². The normalized spacial score (nSPS) is 22.6. The number of rotatable bonds is 4. The Morgan fingerprint density at radius 1 is 1.40 bits per heavy atom. The third-order valence-electron chi connectivity index (χ3n) is 4.24. The summed E-state index contributed by atoms with van der Waals surface area (Å²) >= 11 is 0. The van der Waals surface area contributed by atoms with E-state index in [9.17, 15) is 4.79 Å². The Morgan fingerprint density at radius 3 is 2.95 bits per heavy atom. The van der Waals surface area contributed by atoms with Gasteiger partial charge in [0.2, 0.25) is 5.91 Å². The average Bonchev–Trinajstić information content (AvgIpc) is 2.41. The molecule has 0 aromatic heterocycles. The van der Waals surface area contributed by atoms with E-state index >= 15 is 0 Å². The molecule has 3 nitrogen and oxygen atoms in total. The van der Waals surface area contributed by atoms with E-state index in [1.165, 1.54) is 31.5 Å². The molecule has 1 aromatic carbocycles. The van der Waals surface area contributed by atoms with E-state index in [1.54, 1.807) is 4.90 Å². The van der Waals surface area contributed by atoms with Crippen molar-refractivity contribution in [2.24, 2.45) is 5.92 Å². The molecule has 1 fully saturated rings. The van der Waals surface area contributed by atoms with E-state index in [-0.39, 0.29) is 5.91 Å². The fraction of sp³-hybridized carbons (Fsp3) is 0.588. The molecule has 1 saturated heterocycles. The highest BCUT2D eigenvalue weighted by Crippen LogP contribution is 2.16. The monoisotopic (exact) mass is 275 g/mol. The molecule has 1 unspecified atom stereocenters. The quantitative estimate of drug-likeness (QED) is 0.865. The van der Waals surface area contributed by atoms with E-state index in [0.717, 1.165) is 23.7 Å². The second kappa shape index (κ2) is 6.89. The van der Waals surface area contributed by atoms with Crippen LogP contribution in [0.15, 0.2) is 18.2 Å². The summed E-state index contributed by atoms with van der Waals surface area (Å²) in [6.07, 6.45) is 3.27. The van der Waals surface area contributed by atoms with E-state index in [4.69, 9.17) is 0 Å². The number of carbonyl (C=O) groups excluding carboxylic acids is 1. The number of aryl methyl sites for hydroxylation is 2. The van der Waals surface area contributed by atoms with Gasteiger partial charge in [0, 0.05) is 11.6 Å². The van der Waals surface area contributed by atoms with Gasteiger partial charge in [0.15, 0.2) is 0 Å². The van der Waals surface area contributed by atoms with Gasteiger partial charge in [-0.3, -0.25) is 4.79 Å². The highest BCUT2D eigenvalue weighted by Gasteiger charge is 2.20. The highest BCUT2D eigenvalue weighted by atomic mass is 16.1. The number of carbonyl (C=O) groups is 1. The van der Waals surface area contributed by atoms with Gasteiger partial charge in [-0.2, -0.15) is 0 Å². The summed E-state index contributed by atoms with van der Waals surface area (Å²) in [5, 5.41) is 3.05.